The van der Waals surface area contributed by atoms with Gasteiger partial charge in [0.2, 0.25) is 5.91 Å². The molecule has 1 saturated carbocycles. The summed E-state index contributed by atoms with van der Waals surface area (Å²) in [4.78, 5) is 15.3. The van der Waals surface area contributed by atoms with Crippen LogP contribution in [-0.2, 0) is 4.79 Å². The zero-order valence-corrected chi connectivity index (χ0v) is 16.0. The molecule has 0 unspecified atom stereocenters. The molecule has 0 bridgehead atoms. The highest BCUT2D eigenvalue weighted by molar-refractivity contribution is 5.92. The number of hydrogen-bond donors (Lipinski definition) is 1. The summed E-state index contributed by atoms with van der Waals surface area (Å²) in [5, 5.41) is 9.10. The van der Waals surface area contributed by atoms with Gasteiger partial charge in [-0.15, -0.1) is 0 Å². The fraction of sp³-hybridized carbons (Fsp3) is 0.391. The smallest absolute Gasteiger partial charge is 0.233 e. The van der Waals surface area contributed by atoms with Crippen LogP contribution in [0.2, 0.25) is 0 Å². The van der Waals surface area contributed by atoms with Gasteiger partial charge in [-0.1, -0.05) is 24.3 Å². The Labute approximate surface area is 165 Å². The number of carbonyl (C=O) groups is 1. The number of methoxy groups -OCH3 is 1. The van der Waals surface area contributed by atoms with Crippen LogP contribution in [0.15, 0.2) is 48.5 Å². The van der Waals surface area contributed by atoms with E-state index >= 15 is 0 Å². The van der Waals surface area contributed by atoms with Crippen LogP contribution < -0.4 is 10.5 Å². The van der Waals surface area contributed by atoms with E-state index in [0.29, 0.717) is 5.56 Å². The number of likely N-dealkylation sites (tertiary alicyclic amines) is 1. The van der Waals surface area contributed by atoms with E-state index in [2.05, 4.69) is 11.0 Å². The minimum absolute atomic E-state index is 0.00652. The van der Waals surface area contributed by atoms with E-state index < -0.39 is 0 Å². The van der Waals surface area contributed by atoms with Gasteiger partial charge < -0.3 is 15.4 Å². The normalized spacial score (nSPS) is 27.0. The van der Waals surface area contributed by atoms with Crippen molar-refractivity contribution in [2.45, 2.75) is 49.7 Å². The average Bonchev–Trinajstić information content (AvgIpc) is 2.74. The quantitative estimate of drug-likeness (QED) is 0.830. The lowest BCUT2D eigenvalue weighted by Crippen LogP contribution is -2.58. The first-order chi connectivity index (χ1) is 13.6. The Kier molecular flexibility index (Phi) is 5.06. The number of nitrogens with zero attached hydrogens (tertiary/aromatic N) is 2. The molecule has 2 atom stereocenters. The third kappa shape index (κ3) is 3.25. The van der Waals surface area contributed by atoms with Gasteiger partial charge in [0.05, 0.1) is 30.7 Å². The van der Waals surface area contributed by atoms with Crippen molar-refractivity contribution >= 4 is 5.91 Å². The first kappa shape index (κ1) is 18.5. The van der Waals surface area contributed by atoms with Crippen LogP contribution in [0.25, 0.3) is 0 Å². The van der Waals surface area contributed by atoms with Gasteiger partial charge in [0.1, 0.15) is 5.75 Å². The molecule has 2 N–H and O–H groups in total. The highest BCUT2D eigenvalue weighted by atomic mass is 16.5. The zero-order valence-electron chi connectivity index (χ0n) is 16.0. The molecule has 1 heterocycles. The topological polar surface area (TPSA) is 79.3 Å². The molecule has 0 spiro atoms. The van der Waals surface area contributed by atoms with Crippen LogP contribution in [-0.4, -0.2) is 30.0 Å². The number of rotatable bonds is 4. The molecule has 144 valence electrons. The first-order valence-corrected chi connectivity index (χ1v) is 9.84. The second kappa shape index (κ2) is 7.65. The molecule has 4 rings (SSSR count). The van der Waals surface area contributed by atoms with Crippen molar-refractivity contribution in [2.24, 2.45) is 5.73 Å². The molecule has 1 saturated heterocycles. The fourth-order valence-electron chi connectivity index (χ4n) is 4.54. The Morgan fingerprint density at radius 2 is 1.61 bits per heavy atom. The van der Waals surface area contributed by atoms with E-state index in [1.165, 1.54) is 0 Å². The summed E-state index contributed by atoms with van der Waals surface area (Å²) < 4.78 is 5.25. The molecule has 5 nitrogen and oxygen atoms in total. The monoisotopic (exact) mass is 375 g/mol. The first-order valence-electron chi connectivity index (χ1n) is 9.84. The van der Waals surface area contributed by atoms with E-state index in [-0.39, 0.29) is 30.0 Å². The van der Waals surface area contributed by atoms with E-state index in [1.54, 1.807) is 7.11 Å². The SMILES string of the molecule is COc1ccc([C@@H]2C(=O)N(C3CCC(N)CC3)[C@H]2c2ccc(C#N)cc2)cc1. The number of carbonyl (C=O) groups excluding carboxylic acids is 1. The van der Waals surface area contributed by atoms with Crippen LogP contribution in [0.1, 0.15) is 54.3 Å². The Balaban J connectivity index is 1.66. The Morgan fingerprint density at radius 3 is 2.18 bits per heavy atom. The van der Waals surface area contributed by atoms with Gasteiger partial charge in [0, 0.05) is 12.1 Å². The maximum absolute atomic E-state index is 13.2. The number of nitrogens with two attached hydrogens (primary N) is 1. The summed E-state index contributed by atoms with van der Waals surface area (Å²) in [6, 6.07) is 18.0. The van der Waals surface area contributed by atoms with E-state index in [0.717, 1.165) is 42.6 Å². The van der Waals surface area contributed by atoms with Gasteiger partial charge in [0.15, 0.2) is 0 Å². The van der Waals surface area contributed by atoms with Gasteiger partial charge in [-0.3, -0.25) is 4.79 Å². The molecule has 1 aliphatic heterocycles. The largest absolute Gasteiger partial charge is 0.497 e. The lowest BCUT2D eigenvalue weighted by molar-refractivity contribution is -0.156. The molecular formula is C23H25N3O2. The average molecular weight is 375 g/mol. The number of nitriles is 1. The van der Waals surface area contributed by atoms with Crippen molar-refractivity contribution in [1.29, 1.82) is 5.26 Å². The van der Waals surface area contributed by atoms with Gasteiger partial charge in [-0.05, 0) is 61.1 Å². The molecule has 0 radical (unpaired) electrons. The Hall–Kier alpha value is -2.84. The minimum Gasteiger partial charge on any atom is -0.497 e. The lowest BCUT2D eigenvalue weighted by Gasteiger charge is -2.53. The molecule has 2 aromatic carbocycles. The number of ether oxygens (including phenoxy) is 1. The summed E-state index contributed by atoms with van der Waals surface area (Å²) in [5.74, 6) is 0.762. The standard InChI is InChI=1S/C23H25N3O2/c1-28-20-12-6-16(7-13-20)21-22(17-4-2-15(14-24)3-5-17)26(23(21)27)19-10-8-18(25)9-11-19/h2-7,12-13,18-19,21-22H,8-11,25H2,1H3/t18?,19?,21-,22-/m0/s1. The van der Waals surface area contributed by atoms with Crippen molar-refractivity contribution in [2.75, 3.05) is 7.11 Å². The molecule has 2 fully saturated rings. The van der Waals surface area contributed by atoms with Crippen molar-refractivity contribution in [3.8, 4) is 11.8 Å². The predicted octanol–water partition coefficient (Wildman–Crippen LogP) is 3.50. The molecule has 28 heavy (non-hydrogen) atoms. The molecule has 0 aromatic heterocycles. The minimum atomic E-state index is -0.200. The predicted molar refractivity (Wildman–Crippen MR) is 107 cm³/mol. The highest BCUT2D eigenvalue weighted by Gasteiger charge is 2.51. The van der Waals surface area contributed by atoms with Crippen molar-refractivity contribution < 1.29 is 9.53 Å². The Morgan fingerprint density at radius 1 is 1.00 bits per heavy atom. The number of β-lactam (4-membered cyclic amide) rings is 1. The molecule has 2 aromatic rings. The van der Waals surface area contributed by atoms with Crippen LogP contribution in [0, 0.1) is 11.3 Å². The molecular weight excluding hydrogens is 350 g/mol. The van der Waals surface area contributed by atoms with Crippen molar-refractivity contribution in [3.05, 3.63) is 65.2 Å². The maximum Gasteiger partial charge on any atom is 0.233 e. The summed E-state index contributed by atoms with van der Waals surface area (Å²) in [5.41, 5.74) is 8.78. The number of benzene rings is 2. The van der Waals surface area contributed by atoms with Gasteiger partial charge >= 0.3 is 0 Å². The fourth-order valence-corrected chi connectivity index (χ4v) is 4.54. The van der Waals surface area contributed by atoms with Crippen molar-refractivity contribution in [3.63, 3.8) is 0 Å². The second-order valence-electron chi connectivity index (χ2n) is 7.74. The second-order valence-corrected chi connectivity index (χ2v) is 7.74. The molecule has 2 aliphatic rings. The third-order valence-corrected chi connectivity index (χ3v) is 6.13. The van der Waals surface area contributed by atoms with Crippen LogP contribution in [0.5, 0.6) is 5.75 Å². The number of amides is 1. The third-order valence-electron chi connectivity index (χ3n) is 6.13. The molecule has 5 heteroatoms. The van der Waals surface area contributed by atoms with Gasteiger partial charge in [-0.25, -0.2) is 0 Å². The Bertz CT molecular complexity index is 878. The maximum atomic E-state index is 13.2. The van der Waals surface area contributed by atoms with E-state index in [4.69, 9.17) is 15.7 Å². The van der Waals surface area contributed by atoms with Crippen molar-refractivity contribution in [1.82, 2.24) is 4.90 Å². The highest BCUT2D eigenvalue weighted by Crippen LogP contribution is 2.49. The van der Waals surface area contributed by atoms with E-state index in [1.807, 2.05) is 48.5 Å². The number of hydrogen-bond acceptors (Lipinski definition) is 4. The molecule has 1 amide bonds. The summed E-state index contributed by atoms with van der Waals surface area (Å²) in [7, 11) is 1.64. The summed E-state index contributed by atoms with van der Waals surface area (Å²) >= 11 is 0. The lowest BCUT2D eigenvalue weighted by atomic mass is 9.74. The van der Waals surface area contributed by atoms with Crippen LogP contribution in [0.3, 0.4) is 0 Å². The summed E-state index contributed by atoms with van der Waals surface area (Å²) in [6.07, 6.45) is 3.83. The van der Waals surface area contributed by atoms with Crippen LogP contribution in [0.4, 0.5) is 0 Å². The zero-order chi connectivity index (χ0) is 19.7. The van der Waals surface area contributed by atoms with Gasteiger partial charge in [-0.2, -0.15) is 5.26 Å². The summed E-state index contributed by atoms with van der Waals surface area (Å²) in [6.45, 7) is 0. The van der Waals surface area contributed by atoms with Crippen LogP contribution >= 0.6 is 0 Å². The van der Waals surface area contributed by atoms with Gasteiger partial charge in [0.25, 0.3) is 0 Å². The molecule has 1 aliphatic carbocycles. The van der Waals surface area contributed by atoms with E-state index in [9.17, 15) is 4.79 Å².